The van der Waals surface area contributed by atoms with Gasteiger partial charge in [0.1, 0.15) is 16.3 Å². The fourth-order valence-corrected chi connectivity index (χ4v) is 4.32. The van der Waals surface area contributed by atoms with Crippen LogP contribution in [0.25, 0.3) is 10.2 Å². The first-order chi connectivity index (χ1) is 12.8. The molecule has 2 atom stereocenters. The van der Waals surface area contributed by atoms with Gasteiger partial charge in [-0.15, -0.1) is 11.3 Å². The number of fused-ring (bicyclic) bond motifs is 1. The summed E-state index contributed by atoms with van der Waals surface area (Å²) < 4.78 is 12.0. The quantitative estimate of drug-likeness (QED) is 0.733. The van der Waals surface area contributed by atoms with E-state index in [1.807, 2.05) is 13.8 Å². The van der Waals surface area contributed by atoms with Gasteiger partial charge in [0, 0.05) is 13.1 Å². The molecule has 2 aromatic heterocycles. The number of carbonyl (C=O) groups excluding carboxylic acids is 2. The van der Waals surface area contributed by atoms with Crippen molar-refractivity contribution < 1.29 is 19.1 Å². The molecule has 2 aromatic rings. The van der Waals surface area contributed by atoms with Gasteiger partial charge in [-0.2, -0.15) is 0 Å². The first-order valence-electron chi connectivity index (χ1n) is 8.90. The van der Waals surface area contributed by atoms with Gasteiger partial charge in [-0.1, -0.05) is 0 Å². The van der Waals surface area contributed by atoms with Crippen LogP contribution in [0.4, 0.5) is 0 Å². The van der Waals surface area contributed by atoms with Crippen LogP contribution in [0.5, 0.6) is 0 Å². The summed E-state index contributed by atoms with van der Waals surface area (Å²) in [6.45, 7) is 8.43. The van der Waals surface area contributed by atoms with E-state index < -0.39 is 5.97 Å². The lowest BCUT2D eigenvalue weighted by molar-refractivity contribution is -0.143. The van der Waals surface area contributed by atoms with E-state index >= 15 is 0 Å². The van der Waals surface area contributed by atoms with Gasteiger partial charge in [0.25, 0.3) is 5.56 Å². The summed E-state index contributed by atoms with van der Waals surface area (Å²) in [6.07, 6.45) is 1.28. The molecule has 1 aliphatic rings. The molecule has 27 heavy (non-hydrogen) atoms. The number of aromatic nitrogens is 2. The van der Waals surface area contributed by atoms with Crippen molar-refractivity contribution in [3.8, 4) is 0 Å². The monoisotopic (exact) mass is 393 g/mol. The molecule has 8 nitrogen and oxygen atoms in total. The van der Waals surface area contributed by atoms with E-state index in [4.69, 9.17) is 9.47 Å². The van der Waals surface area contributed by atoms with E-state index in [0.29, 0.717) is 33.7 Å². The molecule has 0 radical (unpaired) electrons. The SMILES string of the molecule is CCOC(=O)c1sc2ncn(CC(=O)N3C[C@H](C)O[C@@H](C)C3)c(=O)c2c1C. The average Bonchev–Trinajstić information content (AvgIpc) is 2.94. The van der Waals surface area contributed by atoms with Gasteiger partial charge in [-0.3, -0.25) is 14.2 Å². The number of aryl methyl sites for hydroxylation is 1. The molecule has 0 aliphatic carbocycles. The Morgan fingerprint density at radius 3 is 2.63 bits per heavy atom. The number of nitrogens with zero attached hydrogens (tertiary/aromatic N) is 3. The third-order valence-electron chi connectivity index (χ3n) is 4.46. The molecule has 0 N–H and O–H groups in total. The van der Waals surface area contributed by atoms with Crippen LogP contribution in [-0.2, 0) is 20.8 Å². The summed E-state index contributed by atoms with van der Waals surface area (Å²) in [4.78, 5) is 44.4. The molecule has 1 saturated heterocycles. The molecule has 0 unspecified atom stereocenters. The van der Waals surface area contributed by atoms with Crippen LogP contribution in [0.1, 0.15) is 36.0 Å². The average molecular weight is 393 g/mol. The van der Waals surface area contributed by atoms with E-state index in [1.165, 1.54) is 10.9 Å². The Hall–Kier alpha value is -2.26. The molecular weight excluding hydrogens is 370 g/mol. The highest BCUT2D eigenvalue weighted by molar-refractivity contribution is 7.20. The molecule has 9 heteroatoms. The Balaban J connectivity index is 1.88. The van der Waals surface area contributed by atoms with Gasteiger partial charge in [0.2, 0.25) is 5.91 Å². The molecule has 0 saturated carbocycles. The molecule has 3 rings (SSSR count). The number of ether oxygens (including phenoxy) is 2. The summed E-state index contributed by atoms with van der Waals surface area (Å²) in [5, 5.41) is 0.363. The number of rotatable bonds is 4. The van der Waals surface area contributed by atoms with E-state index in [2.05, 4.69) is 4.98 Å². The van der Waals surface area contributed by atoms with Gasteiger partial charge in [0.15, 0.2) is 0 Å². The van der Waals surface area contributed by atoms with Crippen LogP contribution >= 0.6 is 11.3 Å². The zero-order chi connectivity index (χ0) is 19.7. The molecule has 0 spiro atoms. The van der Waals surface area contributed by atoms with Crippen LogP contribution in [0, 0.1) is 6.92 Å². The standard InChI is InChI=1S/C18H23N3O5S/c1-5-25-18(24)15-12(4)14-16(27-15)19-9-21(17(14)23)8-13(22)20-6-10(2)26-11(3)7-20/h9-11H,5-8H2,1-4H3/t10-,11-/m0/s1. The maximum Gasteiger partial charge on any atom is 0.348 e. The van der Waals surface area contributed by atoms with Crippen LogP contribution in [0.15, 0.2) is 11.1 Å². The zero-order valence-electron chi connectivity index (χ0n) is 15.9. The molecule has 0 aromatic carbocycles. The third-order valence-corrected chi connectivity index (χ3v) is 5.64. The van der Waals surface area contributed by atoms with Crippen LogP contribution < -0.4 is 5.56 Å². The highest BCUT2D eigenvalue weighted by Crippen LogP contribution is 2.27. The van der Waals surface area contributed by atoms with Crippen molar-refractivity contribution in [1.29, 1.82) is 0 Å². The molecule has 1 aliphatic heterocycles. The number of morpholine rings is 1. The number of hydrogen-bond donors (Lipinski definition) is 0. The maximum absolute atomic E-state index is 12.9. The number of esters is 1. The largest absolute Gasteiger partial charge is 0.462 e. The Morgan fingerprint density at radius 2 is 2.00 bits per heavy atom. The van der Waals surface area contributed by atoms with Gasteiger partial charge < -0.3 is 14.4 Å². The van der Waals surface area contributed by atoms with Gasteiger partial charge in [-0.05, 0) is 33.3 Å². The second kappa shape index (κ2) is 7.77. The molecule has 1 fully saturated rings. The van der Waals surface area contributed by atoms with Crippen molar-refractivity contribution in [2.45, 2.75) is 46.4 Å². The molecule has 1 amide bonds. The summed E-state index contributed by atoms with van der Waals surface area (Å²) in [5.41, 5.74) is 0.216. The lowest BCUT2D eigenvalue weighted by Crippen LogP contribution is -2.49. The Morgan fingerprint density at radius 1 is 1.33 bits per heavy atom. The lowest BCUT2D eigenvalue weighted by Gasteiger charge is -2.35. The summed E-state index contributed by atoms with van der Waals surface area (Å²) in [6, 6.07) is 0. The van der Waals surface area contributed by atoms with Crippen molar-refractivity contribution in [3.05, 3.63) is 27.1 Å². The maximum atomic E-state index is 12.9. The Labute approximate surface area is 160 Å². The highest BCUT2D eigenvalue weighted by atomic mass is 32.1. The minimum Gasteiger partial charge on any atom is -0.462 e. The smallest absolute Gasteiger partial charge is 0.348 e. The van der Waals surface area contributed by atoms with E-state index in [-0.39, 0.29) is 36.8 Å². The van der Waals surface area contributed by atoms with Crippen molar-refractivity contribution in [2.75, 3.05) is 19.7 Å². The topological polar surface area (TPSA) is 90.7 Å². The normalized spacial score (nSPS) is 20.1. The molecular formula is C18H23N3O5S. The van der Waals surface area contributed by atoms with E-state index in [0.717, 1.165) is 11.3 Å². The van der Waals surface area contributed by atoms with E-state index in [1.54, 1.807) is 18.7 Å². The Kier molecular flexibility index (Phi) is 5.61. The summed E-state index contributed by atoms with van der Waals surface area (Å²) in [5.74, 6) is -0.616. The second-order valence-corrected chi connectivity index (χ2v) is 7.69. The minimum atomic E-state index is -0.462. The number of carbonyl (C=O) groups is 2. The van der Waals surface area contributed by atoms with Crippen LogP contribution in [0.2, 0.25) is 0 Å². The number of hydrogen-bond acceptors (Lipinski definition) is 7. The molecule has 146 valence electrons. The molecule has 3 heterocycles. The summed E-state index contributed by atoms with van der Waals surface area (Å²) >= 11 is 1.13. The second-order valence-electron chi connectivity index (χ2n) is 6.69. The van der Waals surface area contributed by atoms with Gasteiger partial charge in [-0.25, -0.2) is 9.78 Å². The first kappa shape index (κ1) is 19.5. The predicted molar refractivity (Wildman–Crippen MR) is 101 cm³/mol. The minimum absolute atomic E-state index is 0.0405. The predicted octanol–water partition coefficient (Wildman–Crippen LogP) is 1.58. The van der Waals surface area contributed by atoms with Gasteiger partial charge >= 0.3 is 5.97 Å². The number of thiophene rings is 1. The summed E-state index contributed by atoms with van der Waals surface area (Å²) in [7, 11) is 0. The van der Waals surface area contributed by atoms with Crippen molar-refractivity contribution in [1.82, 2.24) is 14.5 Å². The van der Waals surface area contributed by atoms with Gasteiger partial charge in [0.05, 0.1) is 30.5 Å². The van der Waals surface area contributed by atoms with Crippen molar-refractivity contribution >= 4 is 33.4 Å². The van der Waals surface area contributed by atoms with Crippen LogP contribution in [-0.4, -0.2) is 58.2 Å². The Bertz CT molecular complexity index is 925. The fraction of sp³-hybridized carbons (Fsp3) is 0.556. The fourth-order valence-electron chi connectivity index (χ4n) is 3.29. The van der Waals surface area contributed by atoms with Crippen molar-refractivity contribution in [3.63, 3.8) is 0 Å². The lowest BCUT2D eigenvalue weighted by atomic mass is 10.2. The highest BCUT2D eigenvalue weighted by Gasteiger charge is 2.27. The third kappa shape index (κ3) is 3.89. The van der Waals surface area contributed by atoms with Crippen molar-refractivity contribution in [2.24, 2.45) is 0 Å². The molecule has 0 bridgehead atoms. The first-order valence-corrected chi connectivity index (χ1v) is 9.72. The number of amides is 1. The van der Waals surface area contributed by atoms with Crippen LogP contribution in [0.3, 0.4) is 0 Å². The van der Waals surface area contributed by atoms with E-state index in [9.17, 15) is 14.4 Å². The zero-order valence-corrected chi connectivity index (χ0v) is 16.7.